The Kier molecular flexibility index (Phi) is 4.16. The van der Waals surface area contributed by atoms with Crippen molar-refractivity contribution in [3.05, 3.63) is 65.7 Å². The molecule has 0 unspecified atom stereocenters. The number of carbonyl (C=O) groups excluding carboxylic acids is 1. The van der Waals surface area contributed by atoms with Crippen LogP contribution in [-0.2, 0) is 15.6 Å². The van der Waals surface area contributed by atoms with Gasteiger partial charge < -0.3 is 0 Å². The monoisotopic (exact) mass is 347 g/mol. The van der Waals surface area contributed by atoms with Crippen molar-refractivity contribution in [1.82, 2.24) is 5.48 Å². The Labute approximate surface area is 137 Å². The van der Waals surface area contributed by atoms with Gasteiger partial charge in [0.1, 0.15) is 4.21 Å². The van der Waals surface area contributed by atoms with Crippen LogP contribution in [0.15, 0.2) is 58.8 Å². The molecule has 0 aliphatic heterocycles. The third kappa shape index (κ3) is 3.26. The number of benzene rings is 2. The molecular weight excluding hydrogens is 334 g/mol. The molecule has 0 saturated carbocycles. The molecule has 23 heavy (non-hydrogen) atoms. The predicted octanol–water partition coefficient (Wildman–Crippen LogP) is 2.99. The third-order valence-electron chi connectivity index (χ3n) is 3.38. The Bertz CT molecular complexity index is 926. The number of sulfone groups is 1. The minimum atomic E-state index is -3.45. The van der Waals surface area contributed by atoms with E-state index in [-0.39, 0.29) is 11.3 Å². The summed E-state index contributed by atoms with van der Waals surface area (Å²) < 4.78 is 26.3. The molecule has 0 fully saturated rings. The molecule has 0 aliphatic rings. The zero-order chi connectivity index (χ0) is 16.4. The number of hydrogen-bond donors (Lipinski definition) is 2. The van der Waals surface area contributed by atoms with E-state index in [1.165, 1.54) is 28.9 Å². The smallest absolute Gasteiger partial charge is 0.274 e. The fourth-order valence-corrected chi connectivity index (χ4v) is 5.05. The van der Waals surface area contributed by atoms with Gasteiger partial charge in [-0.15, -0.1) is 11.3 Å². The summed E-state index contributed by atoms with van der Waals surface area (Å²) in [6.07, 6.45) is 0. The number of thiophene rings is 1. The second-order valence-corrected chi connectivity index (χ2v) is 8.30. The molecule has 0 bridgehead atoms. The molecule has 118 valence electrons. The van der Waals surface area contributed by atoms with Gasteiger partial charge in [-0.1, -0.05) is 30.3 Å². The predicted molar refractivity (Wildman–Crippen MR) is 88.4 cm³/mol. The highest BCUT2D eigenvalue weighted by atomic mass is 32.2. The summed E-state index contributed by atoms with van der Waals surface area (Å²) in [4.78, 5) is 11.3. The van der Waals surface area contributed by atoms with Crippen molar-refractivity contribution in [3.63, 3.8) is 0 Å². The van der Waals surface area contributed by atoms with Crippen molar-refractivity contribution >= 4 is 37.2 Å². The van der Waals surface area contributed by atoms with Gasteiger partial charge in [0, 0.05) is 10.3 Å². The van der Waals surface area contributed by atoms with Crippen LogP contribution in [0.4, 0.5) is 0 Å². The maximum absolute atomic E-state index is 12.5. The van der Waals surface area contributed by atoms with Gasteiger partial charge >= 0.3 is 0 Å². The van der Waals surface area contributed by atoms with Crippen LogP contribution < -0.4 is 5.48 Å². The van der Waals surface area contributed by atoms with E-state index in [0.29, 0.717) is 9.77 Å². The zero-order valence-electron chi connectivity index (χ0n) is 11.9. The summed E-state index contributed by atoms with van der Waals surface area (Å²) in [5.41, 5.74) is 2.37. The number of nitrogens with one attached hydrogen (secondary N) is 1. The molecule has 0 spiro atoms. The van der Waals surface area contributed by atoms with Gasteiger partial charge in [-0.25, -0.2) is 13.9 Å². The molecule has 1 amide bonds. The van der Waals surface area contributed by atoms with Gasteiger partial charge in [-0.2, -0.15) is 0 Å². The van der Waals surface area contributed by atoms with Gasteiger partial charge in [-0.3, -0.25) is 10.0 Å². The molecule has 1 heterocycles. The zero-order valence-corrected chi connectivity index (χ0v) is 13.5. The van der Waals surface area contributed by atoms with Crippen LogP contribution in [0.3, 0.4) is 0 Å². The van der Waals surface area contributed by atoms with Gasteiger partial charge in [0.05, 0.1) is 5.75 Å². The van der Waals surface area contributed by atoms with Crippen molar-refractivity contribution in [1.29, 1.82) is 0 Å². The Morgan fingerprint density at radius 2 is 1.78 bits per heavy atom. The summed E-state index contributed by atoms with van der Waals surface area (Å²) in [5.74, 6) is -0.773. The van der Waals surface area contributed by atoms with Crippen LogP contribution in [0, 0.1) is 0 Å². The highest BCUT2D eigenvalue weighted by molar-refractivity contribution is 7.92. The average Bonchev–Trinajstić information content (AvgIpc) is 2.99. The lowest BCUT2D eigenvalue weighted by Gasteiger charge is -2.03. The number of hydrogen-bond acceptors (Lipinski definition) is 5. The SMILES string of the molecule is O=C(NO)c1ccc(CS(=O)(=O)c2cc3ccccc3s2)cc1. The van der Waals surface area contributed by atoms with Crippen LogP contribution in [0.5, 0.6) is 0 Å². The van der Waals surface area contributed by atoms with E-state index in [1.807, 2.05) is 24.3 Å². The molecule has 2 N–H and O–H groups in total. The van der Waals surface area contributed by atoms with Gasteiger partial charge in [0.25, 0.3) is 5.91 Å². The maximum atomic E-state index is 12.5. The van der Waals surface area contributed by atoms with E-state index in [9.17, 15) is 13.2 Å². The van der Waals surface area contributed by atoms with Crippen LogP contribution in [0.25, 0.3) is 10.1 Å². The van der Waals surface area contributed by atoms with E-state index in [0.717, 1.165) is 10.1 Å². The molecule has 0 saturated heterocycles. The molecule has 2 aromatic carbocycles. The Hall–Kier alpha value is -2.22. The highest BCUT2D eigenvalue weighted by Gasteiger charge is 2.18. The molecule has 3 aromatic rings. The van der Waals surface area contributed by atoms with E-state index >= 15 is 0 Å². The second kappa shape index (κ2) is 6.11. The van der Waals surface area contributed by atoms with Crippen molar-refractivity contribution < 1.29 is 18.4 Å². The number of amides is 1. The van der Waals surface area contributed by atoms with Crippen molar-refractivity contribution in [2.45, 2.75) is 9.96 Å². The number of rotatable bonds is 4. The standard InChI is InChI=1S/C16H13NO4S2/c18-16(17-19)12-7-5-11(6-8-12)10-23(20,21)15-9-13-3-1-2-4-14(13)22-15/h1-9,19H,10H2,(H,17,18). The molecule has 0 atom stereocenters. The van der Waals surface area contributed by atoms with E-state index in [2.05, 4.69) is 0 Å². The van der Waals surface area contributed by atoms with Gasteiger partial charge in [-0.05, 0) is 35.2 Å². The van der Waals surface area contributed by atoms with Crippen LogP contribution in [0.1, 0.15) is 15.9 Å². The Balaban J connectivity index is 1.87. The molecule has 0 aliphatic carbocycles. The minimum Gasteiger partial charge on any atom is -0.288 e. The van der Waals surface area contributed by atoms with Crippen LogP contribution in [0.2, 0.25) is 0 Å². The average molecular weight is 347 g/mol. The number of hydroxylamine groups is 1. The minimum absolute atomic E-state index is 0.138. The first-order valence-corrected chi connectivity index (χ1v) is 9.21. The quantitative estimate of drug-likeness (QED) is 0.561. The molecule has 3 rings (SSSR count). The van der Waals surface area contributed by atoms with E-state index in [4.69, 9.17) is 5.21 Å². The highest BCUT2D eigenvalue weighted by Crippen LogP contribution is 2.30. The molecule has 7 heteroatoms. The van der Waals surface area contributed by atoms with Crippen LogP contribution >= 0.6 is 11.3 Å². The van der Waals surface area contributed by atoms with Crippen molar-refractivity contribution in [2.75, 3.05) is 0 Å². The summed E-state index contributed by atoms with van der Waals surface area (Å²) >= 11 is 1.25. The lowest BCUT2D eigenvalue weighted by atomic mass is 10.1. The summed E-state index contributed by atoms with van der Waals surface area (Å²) in [7, 11) is -3.45. The molecule has 1 aromatic heterocycles. The maximum Gasteiger partial charge on any atom is 0.274 e. The van der Waals surface area contributed by atoms with Crippen molar-refractivity contribution in [3.8, 4) is 0 Å². The number of fused-ring (bicyclic) bond motifs is 1. The fraction of sp³-hybridized carbons (Fsp3) is 0.0625. The largest absolute Gasteiger partial charge is 0.288 e. The lowest BCUT2D eigenvalue weighted by Crippen LogP contribution is -2.18. The third-order valence-corrected chi connectivity index (χ3v) is 6.75. The van der Waals surface area contributed by atoms with Gasteiger partial charge in [0.2, 0.25) is 0 Å². The Morgan fingerprint density at radius 1 is 1.09 bits per heavy atom. The first-order chi connectivity index (χ1) is 11.0. The summed E-state index contributed by atoms with van der Waals surface area (Å²) in [6.45, 7) is 0. The Morgan fingerprint density at radius 3 is 2.43 bits per heavy atom. The molecule has 0 radical (unpaired) electrons. The fourth-order valence-electron chi connectivity index (χ4n) is 2.22. The molecule has 5 nitrogen and oxygen atoms in total. The first kappa shape index (κ1) is 15.7. The number of carbonyl (C=O) groups is 1. The summed E-state index contributed by atoms with van der Waals surface area (Å²) in [5, 5.41) is 9.48. The second-order valence-electron chi connectivity index (χ2n) is 5.00. The van der Waals surface area contributed by atoms with Gasteiger partial charge in [0.15, 0.2) is 9.84 Å². The lowest BCUT2D eigenvalue weighted by molar-refractivity contribution is 0.0706. The van der Waals surface area contributed by atoms with Crippen molar-refractivity contribution in [2.24, 2.45) is 0 Å². The topological polar surface area (TPSA) is 83.5 Å². The van der Waals surface area contributed by atoms with Crippen LogP contribution in [-0.4, -0.2) is 19.5 Å². The van der Waals surface area contributed by atoms with E-state index < -0.39 is 15.7 Å². The molecular formula is C16H13NO4S2. The summed E-state index contributed by atoms with van der Waals surface area (Å²) in [6, 6.07) is 15.3. The first-order valence-electron chi connectivity index (χ1n) is 6.74. The van der Waals surface area contributed by atoms with E-state index in [1.54, 1.807) is 18.2 Å². The normalized spacial score (nSPS) is 11.5.